The highest BCUT2D eigenvalue weighted by molar-refractivity contribution is 7.90. The largest absolute Gasteiger partial charge is 0.381 e. The van der Waals surface area contributed by atoms with E-state index in [1.165, 1.54) is 37.5 Å². The van der Waals surface area contributed by atoms with Crippen molar-refractivity contribution in [2.75, 3.05) is 43.1 Å². The number of carbonyl (C=O) groups excluding carboxylic acids is 2. The summed E-state index contributed by atoms with van der Waals surface area (Å²) < 4.78 is 34.3. The van der Waals surface area contributed by atoms with Gasteiger partial charge in [-0.2, -0.15) is 0 Å². The number of rotatable bonds is 8. The first kappa shape index (κ1) is 30.6. The van der Waals surface area contributed by atoms with Gasteiger partial charge in [-0.15, -0.1) is 0 Å². The highest BCUT2D eigenvalue weighted by Gasteiger charge is 2.57. The molecular weight excluding hydrogens is 622 g/mol. The second kappa shape index (κ2) is 11.5. The van der Waals surface area contributed by atoms with Crippen LogP contribution in [0.25, 0.3) is 0 Å². The number of hydrogen-bond donors (Lipinski definition) is 2. The van der Waals surface area contributed by atoms with Crippen molar-refractivity contribution in [3.8, 4) is 0 Å². The van der Waals surface area contributed by atoms with Crippen LogP contribution in [0.15, 0.2) is 47.4 Å². The fourth-order valence-electron chi connectivity index (χ4n) is 9.93. The summed E-state index contributed by atoms with van der Waals surface area (Å²) >= 11 is 0. The predicted octanol–water partition coefficient (Wildman–Crippen LogP) is 4.17. The van der Waals surface area contributed by atoms with Gasteiger partial charge in [-0.1, -0.05) is 6.07 Å². The van der Waals surface area contributed by atoms with Crippen LogP contribution in [0.3, 0.4) is 0 Å². The van der Waals surface area contributed by atoms with Gasteiger partial charge in [-0.3, -0.25) is 19.7 Å². The second-order valence-corrected chi connectivity index (χ2v) is 16.5. The van der Waals surface area contributed by atoms with Crippen LogP contribution in [0.4, 0.5) is 17.1 Å². The Morgan fingerprint density at radius 3 is 2.21 bits per heavy atom. The molecule has 3 saturated heterocycles. The first-order chi connectivity index (χ1) is 22.6. The lowest BCUT2D eigenvalue weighted by Gasteiger charge is -2.56. The van der Waals surface area contributed by atoms with Gasteiger partial charge in [-0.05, 0) is 99.5 Å². The Kier molecular flexibility index (Phi) is 7.47. The number of likely N-dealkylation sites (tertiary alicyclic amines) is 1. The number of fused-ring (bicyclic) bond motifs is 1. The van der Waals surface area contributed by atoms with E-state index in [0.29, 0.717) is 37.9 Å². The number of anilines is 2. The van der Waals surface area contributed by atoms with Crippen molar-refractivity contribution in [3.63, 3.8) is 0 Å². The third-order valence-corrected chi connectivity index (χ3v) is 13.1. The molecule has 3 heterocycles. The van der Waals surface area contributed by atoms with Crippen molar-refractivity contribution in [2.24, 2.45) is 29.1 Å². The molecule has 0 unspecified atom stereocenters. The normalized spacial score (nSPS) is 31.3. The Hall–Kier alpha value is -3.71. The van der Waals surface area contributed by atoms with Crippen molar-refractivity contribution in [2.45, 2.75) is 68.3 Å². The lowest BCUT2D eigenvalue weighted by Crippen LogP contribution is -2.56. The molecule has 0 aromatic heterocycles. The second-order valence-electron chi connectivity index (χ2n) is 14.8. The SMILES string of the molecule is O=C(NS(=O)(=O)c1cccc([N+](=O)[O-])c1NC1CCOCC1)c1ccc(N2C[C@H]3CN(C(=O)C45CC6CC(CC(C6)C4)C5)C[C@H]32)cc1. The molecule has 2 aromatic rings. The van der Waals surface area contributed by atoms with Crippen LogP contribution in [0.5, 0.6) is 0 Å². The number of carbonyl (C=O) groups is 2. The average Bonchev–Trinajstić information content (AvgIpc) is 3.36. The fourth-order valence-corrected chi connectivity index (χ4v) is 11.1. The summed E-state index contributed by atoms with van der Waals surface area (Å²) in [7, 11) is -4.45. The average molecular weight is 664 g/mol. The third kappa shape index (κ3) is 5.44. The van der Waals surface area contributed by atoms with Gasteiger partial charge in [0.2, 0.25) is 5.91 Å². The number of nitro benzene ring substituents is 1. The molecule has 2 atom stereocenters. The summed E-state index contributed by atoms with van der Waals surface area (Å²) in [6.07, 6.45) is 8.29. The number of hydrogen-bond acceptors (Lipinski definition) is 9. The molecule has 9 rings (SSSR count). The summed E-state index contributed by atoms with van der Waals surface area (Å²) in [5.41, 5.74) is 0.430. The molecule has 47 heavy (non-hydrogen) atoms. The molecule has 250 valence electrons. The van der Waals surface area contributed by atoms with Crippen LogP contribution in [0, 0.1) is 39.2 Å². The summed E-state index contributed by atoms with van der Waals surface area (Å²) in [6, 6.07) is 10.6. The molecule has 4 bridgehead atoms. The number of amides is 2. The minimum Gasteiger partial charge on any atom is -0.381 e. The van der Waals surface area contributed by atoms with Crippen molar-refractivity contribution < 1.29 is 27.7 Å². The first-order valence-electron chi connectivity index (χ1n) is 16.9. The summed E-state index contributed by atoms with van der Waals surface area (Å²) in [5.74, 6) is 2.18. The van der Waals surface area contributed by atoms with E-state index in [1.54, 1.807) is 12.1 Å². The van der Waals surface area contributed by atoms with Gasteiger partial charge in [-0.25, -0.2) is 13.1 Å². The number of benzene rings is 2. The number of para-hydroxylation sites is 1. The topological polar surface area (TPSA) is 151 Å². The third-order valence-electron chi connectivity index (χ3n) is 11.8. The maximum absolute atomic E-state index is 13.9. The molecule has 7 aliphatic rings. The Labute approximate surface area is 274 Å². The summed E-state index contributed by atoms with van der Waals surface area (Å²) in [4.78, 5) is 42.3. The molecule has 3 aliphatic heterocycles. The maximum atomic E-state index is 13.9. The van der Waals surface area contributed by atoms with Crippen LogP contribution in [-0.2, 0) is 19.6 Å². The van der Waals surface area contributed by atoms with Crippen molar-refractivity contribution in [1.29, 1.82) is 0 Å². The molecule has 2 aromatic carbocycles. The fraction of sp³-hybridized carbons (Fsp3) is 0.588. The molecule has 12 nitrogen and oxygen atoms in total. The number of nitrogens with zero attached hydrogens (tertiary/aromatic N) is 3. The summed E-state index contributed by atoms with van der Waals surface area (Å²) in [6.45, 7) is 3.29. The van der Waals surface area contributed by atoms with E-state index in [9.17, 15) is 28.1 Å². The molecule has 7 fully saturated rings. The van der Waals surface area contributed by atoms with E-state index in [0.717, 1.165) is 62.3 Å². The van der Waals surface area contributed by atoms with Crippen molar-refractivity contribution >= 4 is 38.9 Å². The van der Waals surface area contributed by atoms with Crippen molar-refractivity contribution in [1.82, 2.24) is 9.62 Å². The predicted molar refractivity (Wildman–Crippen MR) is 173 cm³/mol. The molecule has 2 N–H and O–H groups in total. The van der Waals surface area contributed by atoms with E-state index < -0.39 is 20.9 Å². The molecule has 4 aliphatic carbocycles. The molecule has 2 amide bonds. The van der Waals surface area contributed by atoms with E-state index in [1.807, 2.05) is 12.1 Å². The van der Waals surface area contributed by atoms with Crippen molar-refractivity contribution in [3.05, 3.63) is 58.1 Å². The van der Waals surface area contributed by atoms with E-state index in [4.69, 9.17) is 4.74 Å². The molecule has 0 radical (unpaired) electrons. The maximum Gasteiger partial charge on any atom is 0.293 e. The van der Waals surface area contributed by atoms with Gasteiger partial charge in [0.25, 0.3) is 21.6 Å². The van der Waals surface area contributed by atoms with Gasteiger partial charge in [0.1, 0.15) is 10.6 Å². The van der Waals surface area contributed by atoms with Gasteiger partial charge >= 0.3 is 0 Å². The van der Waals surface area contributed by atoms with Gasteiger partial charge < -0.3 is 19.9 Å². The Morgan fingerprint density at radius 1 is 0.915 bits per heavy atom. The minimum absolute atomic E-state index is 0.134. The van der Waals surface area contributed by atoms with Gasteiger partial charge in [0.15, 0.2) is 0 Å². The quantitative estimate of drug-likeness (QED) is 0.313. The minimum atomic E-state index is -4.45. The smallest absolute Gasteiger partial charge is 0.293 e. The Morgan fingerprint density at radius 2 is 1.57 bits per heavy atom. The highest BCUT2D eigenvalue weighted by Crippen LogP contribution is 2.61. The van der Waals surface area contributed by atoms with E-state index in [-0.39, 0.29) is 39.3 Å². The first-order valence-corrected chi connectivity index (χ1v) is 18.4. The summed E-state index contributed by atoms with van der Waals surface area (Å²) in [5, 5.41) is 14.8. The molecule has 4 saturated carbocycles. The Bertz CT molecular complexity index is 1670. The zero-order valence-corrected chi connectivity index (χ0v) is 27.1. The number of nitro groups is 1. The van der Waals surface area contributed by atoms with Crippen LogP contribution in [0.1, 0.15) is 61.7 Å². The monoisotopic (exact) mass is 663 g/mol. The molecular formula is C34H41N5O7S. The van der Waals surface area contributed by atoms with E-state index in [2.05, 4.69) is 19.8 Å². The van der Waals surface area contributed by atoms with Gasteiger partial charge in [0.05, 0.1) is 16.4 Å². The van der Waals surface area contributed by atoms with Crippen LogP contribution in [-0.4, -0.2) is 75.0 Å². The lowest BCUT2D eigenvalue weighted by atomic mass is 9.49. The zero-order valence-electron chi connectivity index (χ0n) is 26.3. The van der Waals surface area contributed by atoms with Gasteiger partial charge in [0, 0.05) is 62.1 Å². The number of sulfonamides is 1. The lowest BCUT2D eigenvalue weighted by molar-refractivity contribution is -0.384. The number of nitrogens with one attached hydrogen (secondary N) is 2. The van der Waals surface area contributed by atoms with Crippen LogP contribution >= 0.6 is 0 Å². The van der Waals surface area contributed by atoms with Crippen LogP contribution < -0.4 is 14.9 Å². The zero-order chi connectivity index (χ0) is 32.5. The van der Waals surface area contributed by atoms with Crippen LogP contribution in [0.2, 0.25) is 0 Å². The van der Waals surface area contributed by atoms with E-state index >= 15 is 0 Å². The Balaban J connectivity index is 0.929. The molecule has 13 heteroatoms. The molecule has 0 spiro atoms. The number of ether oxygens (including phenoxy) is 1. The highest BCUT2D eigenvalue weighted by atomic mass is 32.2. The standard InChI is InChI=1S/C34H41N5O7S/c40-32(36-47(44,45)30-3-1-2-28(39(42)43)31(30)35-26-8-10-46-11-9-26)24-4-6-27(7-5-24)38-19-25-18-37(20-29(25)38)33(41)34-15-21-12-22(16-34)14-23(13-21)17-34/h1-7,21-23,25-26,29,35H,8-20H2,(H,36,40)/t21?,22?,23?,25-,29-,34?/m1/s1.